The van der Waals surface area contributed by atoms with Crippen LogP contribution in [0.5, 0.6) is 28.7 Å². The van der Waals surface area contributed by atoms with Gasteiger partial charge in [0, 0.05) is 22.3 Å². The number of hydrogen-bond donors (Lipinski definition) is 3. The van der Waals surface area contributed by atoms with Gasteiger partial charge in [0.2, 0.25) is 10.6 Å². The number of nitriles is 1. The summed E-state index contributed by atoms with van der Waals surface area (Å²) in [6.07, 6.45) is -0.695. The number of aliphatic hydroxyl groups is 2. The van der Waals surface area contributed by atoms with Gasteiger partial charge in [-0.3, -0.25) is 9.80 Å². The number of carbonyl (C=O) groups is 1. The number of benzene rings is 2. The predicted molar refractivity (Wildman–Crippen MR) is 166 cm³/mol. The molecule has 0 saturated carbocycles. The van der Waals surface area contributed by atoms with Gasteiger partial charge in [-0.1, -0.05) is 53.5 Å². The average Bonchev–Trinajstić information content (AvgIpc) is 3.50. The van der Waals surface area contributed by atoms with Crippen LogP contribution in [0, 0.1) is 25.2 Å². The molecule has 4 aliphatic heterocycles. The van der Waals surface area contributed by atoms with E-state index in [2.05, 4.69) is 12.6 Å². The highest BCUT2D eigenvalue weighted by molar-refractivity contribution is 6.67. The molecule has 1 amide bonds. The van der Waals surface area contributed by atoms with Crippen molar-refractivity contribution in [3.63, 3.8) is 0 Å². The van der Waals surface area contributed by atoms with Crippen molar-refractivity contribution in [2.24, 2.45) is 0 Å². The van der Waals surface area contributed by atoms with Crippen molar-refractivity contribution in [3.8, 4) is 34.8 Å². The first-order chi connectivity index (χ1) is 21.9. The Morgan fingerprint density at radius 2 is 1.93 bits per heavy atom. The molecule has 1 fully saturated rings. The van der Waals surface area contributed by atoms with E-state index in [1.807, 2.05) is 13.0 Å². The zero-order valence-corrected chi connectivity index (χ0v) is 27.4. The average molecular weight is 697 g/mol. The van der Waals surface area contributed by atoms with E-state index < -0.39 is 59.4 Å². The maximum atomic E-state index is 14.0. The van der Waals surface area contributed by atoms with E-state index in [4.69, 9.17) is 58.5 Å². The maximum absolute atomic E-state index is 14.0. The maximum Gasteiger partial charge on any atom is 0.410 e. The highest BCUT2D eigenvalue weighted by Gasteiger charge is 2.62. The normalized spacial score (nSPS) is 25.9. The van der Waals surface area contributed by atoms with Crippen molar-refractivity contribution in [2.45, 2.75) is 60.4 Å². The molecule has 4 aliphatic rings. The topological polar surface area (TPSA) is 154 Å². The van der Waals surface area contributed by atoms with Crippen molar-refractivity contribution in [1.29, 1.82) is 5.26 Å². The predicted octanol–water partition coefficient (Wildman–Crippen LogP) is 4.44. The SMILES string of the molecule is C=CCOc1c(OC)c(C)cc2c1[C@@H]1[C@@H]3C(O)c4c(O)c(C)c5c(c4[C@H](CO)N3[C@@H](C#N)[C@@H](C2)N1C(=O)OCC(Cl)(Cl)Cl)OCO5. The number of methoxy groups -OCH3 is 1. The first-order valence-electron chi connectivity index (χ1n) is 14.5. The summed E-state index contributed by atoms with van der Waals surface area (Å²) in [5.74, 6) is 0.995. The Kier molecular flexibility index (Phi) is 8.54. The molecule has 15 heteroatoms. The van der Waals surface area contributed by atoms with Crippen molar-refractivity contribution in [1.82, 2.24) is 9.80 Å². The molecule has 6 atom stereocenters. The largest absolute Gasteiger partial charge is 0.507 e. The van der Waals surface area contributed by atoms with E-state index in [-0.39, 0.29) is 42.6 Å². The standard InChI is InChI=1S/C31H32Cl3N3O9/c1-5-6-43-28-19-15(7-13(2)26(28)42-4)8-16-17(9-35)36-18(10-38)20-21(24(39)14(3)27-29(20)46-12-45-27)25(40)23(36)22(19)37(16)30(41)44-11-31(32,33)34/h5,7,16-18,22-23,25,38-40H,1,6,8,10-12H2,2-4H3/t16-,17+,18+,22-,23-,25?/m1/s1. The van der Waals surface area contributed by atoms with E-state index in [0.717, 1.165) is 11.1 Å². The number of rotatable bonds is 6. The zero-order chi connectivity index (χ0) is 33.2. The number of carbonyl (C=O) groups excluding carboxylic acids is 1. The number of aliphatic hydroxyl groups excluding tert-OH is 2. The van der Waals surface area contributed by atoms with E-state index in [9.17, 15) is 25.4 Å². The number of nitrogens with zero attached hydrogens (tertiary/aromatic N) is 3. The Labute approximate surface area is 280 Å². The lowest BCUT2D eigenvalue weighted by Gasteiger charge is -2.60. The van der Waals surface area contributed by atoms with Crippen LogP contribution in [0.15, 0.2) is 18.7 Å². The number of phenols is 1. The van der Waals surface area contributed by atoms with Gasteiger partial charge in [-0.05, 0) is 31.4 Å². The third-order valence-electron chi connectivity index (χ3n) is 9.12. The third kappa shape index (κ3) is 4.87. The molecule has 0 spiro atoms. The molecular formula is C31H32Cl3N3O9. The molecular weight excluding hydrogens is 665 g/mol. The van der Waals surface area contributed by atoms with Gasteiger partial charge in [0.05, 0.1) is 44.0 Å². The molecule has 46 heavy (non-hydrogen) atoms. The summed E-state index contributed by atoms with van der Waals surface area (Å²) in [6.45, 7) is 6.08. The number of piperazine rings is 1. The Balaban J connectivity index is 1.65. The summed E-state index contributed by atoms with van der Waals surface area (Å²) in [5, 5.41) is 45.5. The number of fused-ring (bicyclic) bond motifs is 9. The monoisotopic (exact) mass is 695 g/mol. The molecule has 2 aromatic carbocycles. The second-order valence-corrected chi connectivity index (χ2v) is 14.1. The number of ether oxygens (including phenoxy) is 5. The summed E-state index contributed by atoms with van der Waals surface area (Å²) >= 11 is 17.8. The van der Waals surface area contributed by atoms with Crippen LogP contribution in [0.3, 0.4) is 0 Å². The van der Waals surface area contributed by atoms with Crippen LogP contribution in [-0.4, -0.2) is 86.9 Å². The van der Waals surface area contributed by atoms with Gasteiger partial charge < -0.3 is 39.0 Å². The second-order valence-electron chi connectivity index (χ2n) is 11.5. The Hall–Kier alpha value is -3.31. The number of aryl methyl sites for hydroxylation is 1. The molecule has 1 saturated heterocycles. The van der Waals surface area contributed by atoms with Crippen LogP contribution < -0.4 is 18.9 Å². The Morgan fingerprint density at radius 3 is 2.57 bits per heavy atom. The fourth-order valence-electron chi connectivity index (χ4n) is 7.51. The first kappa shape index (κ1) is 32.6. The van der Waals surface area contributed by atoms with Gasteiger partial charge in [0.1, 0.15) is 31.1 Å². The van der Waals surface area contributed by atoms with E-state index in [0.29, 0.717) is 28.2 Å². The van der Waals surface area contributed by atoms with Gasteiger partial charge in [-0.15, -0.1) is 0 Å². The molecule has 246 valence electrons. The first-order valence-corrected chi connectivity index (χ1v) is 15.6. The number of amides is 1. The fourth-order valence-corrected chi connectivity index (χ4v) is 7.67. The van der Waals surface area contributed by atoms with Crippen LogP contribution in [-0.2, 0) is 11.2 Å². The summed E-state index contributed by atoms with van der Waals surface area (Å²) in [5.41, 5.74) is 2.72. The number of aromatic hydroxyl groups is 1. The molecule has 0 aromatic heterocycles. The van der Waals surface area contributed by atoms with Gasteiger partial charge in [-0.25, -0.2) is 4.79 Å². The van der Waals surface area contributed by atoms with Gasteiger partial charge in [-0.2, -0.15) is 5.26 Å². The molecule has 2 aromatic rings. The van der Waals surface area contributed by atoms with Crippen LogP contribution in [0.1, 0.15) is 51.6 Å². The Morgan fingerprint density at radius 1 is 1.22 bits per heavy atom. The molecule has 2 bridgehead atoms. The second kappa shape index (κ2) is 12.0. The Bertz CT molecular complexity index is 1640. The van der Waals surface area contributed by atoms with Gasteiger partial charge >= 0.3 is 6.09 Å². The van der Waals surface area contributed by atoms with E-state index in [1.54, 1.807) is 17.9 Å². The van der Waals surface area contributed by atoms with Crippen molar-refractivity contribution < 1.29 is 43.8 Å². The molecule has 3 N–H and O–H groups in total. The van der Waals surface area contributed by atoms with E-state index >= 15 is 0 Å². The summed E-state index contributed by atoms with van der Waals surface area (Å²) in [7, 11) is 1.49. The van der Waals surface area contributed by atoms with Crippen LogP contribution in [0.25, 0.3) is 0 Å². The summed E-state index contributed by atoms with van der Waals surface area (Å²) < 4.78 is 27.0. The minimum Gasteiger partial charge on any atom is -0.507 e. The number of alkyl halides is 3. The highest BCUT2D eigenvalue weighted by atomic mass is 35.6. The van der Waals surface area contributed by atoms with Crippen LogP contribution in [0.2, 0.25) is 0 Å². The van der Waals surface area contributed by atoms with Gasteiger partial charge in [0.15, 0.2) is 23.0 Å². The zero-order valence-electron chi connectivity index (χ0n) is 25.1. The van der Waals surface area contributed by atoms with Crippen molar-refractivity contribution in [3.05, 3.63) is 52.1 Å². The lowest BCUT2D eigenvalue weighted by atomic mass is 9.70. The molecule has 12 nitrogen and oxygen atoms in total. The lowest BCUT2D eigenvalue weighted by Crippen LogP contribution is -2.71. The third-order valence-corrected chi connectivity index (χ3v) is 9.44. The smallest absolute Gasteiger partial charge is 0.410 e. The number of halogens is 3. The number of phenolic OH excluding ortho intramolecular Hbond substituents is 1. The van der Waals surface area contributed by atoms with Crippen molar-refractivity contribution >= 4 is 40.9 Å². The molecule has 0 aliphatic carbocycles. The van der Waals surface area contributed by atoms with Crippen LogP contribution in [0.4, 0.5) is 4.79 Å². The highest BCUT2D eigenvalue weighted by Crippen LogP contribution is 2.61. The van der Waals surface area contributed by atoms with Crippen molar-refractivity contribution in [2.75, 3.05) is 33.7 Å². The van der Waals surface area contributed by atoms with Gasteiger partial charge in [0.25, 0.3) is 0 Å². The quantitative estimate of drug-likeness (QED) is 0.290. The van der Waals surface area contributed by atoms with E-state index in [1.165, 1.54) is 12.0 Å². The molecule has 6 rings (SSSR count). The number of hydrogen-bond acceptors (Lipinski definition) is 11. The summed E-state index contributed by atoms with van der Waals surface area (Å²) in [6, 6.07) is -0.882. The van der Waals surface area contributed by atoms with Crippen LogP contribution >= 0.6 is 34.8 Å². The molecule has 4 heterocycles. The lowest BCUT2D eigenvalue weighted by molar-refractivity contribution is -0.126. The minimum absolute atomic E-state index is 0.0867. The fraction of sp³-hybridized carbons (Fsp3) is 0.484. The summed E-state index contributed by atoms with van der Waals surface area (Å²) in [4.78, 5) is 17.1. The minimum atomic E-state index is -1.92. The molecule has 0 radical (unpaired) electrons. The molecule has 1 unspecified atom stereocenters.